The summed E-state index contributed by atoms with van der Waals surface area (Å²) >= 11 is 0. The number of hydrogen-bond donors (Lipinski definition) is 1. The average molecular weight is 234 g/mol. The molecule has 4 heteroatoms. The van der Waals surface area contributed by atoms with Crippen molar-refractivity contribution in [2.45, 2.75) is 44.3 Å². The Balaban J connectivity index is 1.43. The summed E-state index contributed by atoms with van der Waals surface area (Å²) < 4.78 is 2.03. The zero-order chi connectivity index (χ0) is 11.5. The van der Waals surface area contributed by atoms with Crippen LogP contribution in [0.3, 0.4) is 0 Å². The zero-order valence-corrected chi connectivity index (χ0v) is 10.4. The molecule has 0 spiro atoms. The lowest BCUT2D eigenvalue weighted by Gasteiger charge is -2.33. The second-order valence-electron chi connectivity index (χ2n) is 5.35. The zero-order valence-electron chi connectivity index (χ0n) is 10.4. The van der Waals surface area contributed by atoms with Crippen LogP contribution in [-0.2, 0) is 6.54 Å². The molecule has 1 aromatic rings. The molecule has 0 amide bonds. The van der Waals surface area contributed by atoms with E-state index in [4.69, 9.17) is 0 Å². The molecule has 1 aromatic heterocycles. The van der Waals surface area contributed by atoms with E-state index in [1.807, 2.05) is 23.1 Å². The van der Waals surface area contributed by atoms with Crippen molar-refractivity contribution in [1.29, 1.82) is 0 Å². The Morgan fingerprint density at radius 1 is 1.18 bits per heavy atom. The lowest BCUT2D eigenvalue weighted by atomic mass is 10.1. The second kappa shape index (κ2) is 5.19. The van der Waals surface area contributed by atoms with Gasteiger partial charge in [0.15, 0.2) is 0 Å². The van der Waals surface area contributed by atoms with Crippen LogP contribution in [0.1, 0.15) is 25.7 Å². The van der Waals surface area contributed by atoms with Crippen LogP contribution in [0.2, 0.25) is 0 Å². The summed E-state index contributed by atoms with van der Waals surface area (Å²) in [5.41, 5.74) is 0. The van der Waals surface area contributed by atoms with Gasteiger partial charge in [0.1, 0.15) is 0 Å². The van der Waals surface area contributed by atoms with Gasteiger partial charge in [-0.15, -0.1) is 0 Å². The Bertz CT molecular complexity index is 331. The predicted molar refractivity (Wildman–Crippen MR) is 67.8 cm³/mol. The maximum atomic E-state index is 4.25. The van der Waals surface area contributed by atoms with Gasteiger partial charge in [-0.2, -0.15) is 5.10 Å². The monoisotopic (exact) mass is 234 g/mol. The fraction of sp³-hybridized carbons (Fsp3) is 0.769. The highest BCUT2D eigenvalue weighted by molar-refractivity contribution is 4.88. The van der Waals surface area contributed by atoms with E-state index in [2.05, 4.69) is 15.3 Å². The number of nitrogens with zero attached hydrogens (tertiary/aromatic N) is 3. The highest BCUT2D eigenvalue weighted by Gasteiger charge is 2.27. The first-order chi connectivity index (χ1) is 8.40. The molecular formula is C13H22N4. The van der Waals surface area contributed by atoms with E-state index in [1.165, 1.54) is 38.8 Å². The third kappa shape index (κ3) is 3.30. The SMILES string of the molecule is c1cnn(CCN2CCCC(NC3CC3)C2)c1. The molecule has 1 saturated carbocycles. The summed E-state index contributed by atoms with van der Waals surface area (Å²) in [4.78, 5) is 2.57. The molecule has 1 saturated heterocycles. The summed E-state index contributed by atoms with van der Waals surface area (Å²) in [6.45, 7) is 4.62. The summed E-state index contributed by atoms with van der Waals surface area (Å²) in [6, 6.07) is 3.56. The first kappa shape index (κ1) is 11.2. The minimum absolute atomic E-state index is 0.730. The topological polar surface area (TPSA) is 33.1 Å². The molecule has 2 heterocycles. The molecule has 2 fully saturated rings. The van der Waals surface area contributed by atoms with Gasteiger partial charge >= 0.3 is 0 Å². The van der Waals surface area contributed by atoms with Crippen LogP contribution in [0.5, 0.6) is 0 Å². The maximum Gasteiger partial charge on any atom is 0.0536 e. The van der Waals surface area contributed by atoms with E-state index in [1.54, 1.807) is 0 Å². The molecule has 1 unspecified atom stereocenters. The van der Waals surface area contributed by atoms with E-state index in [9.17, 15) is 0 Å². The molecule has 0 radical (unpaired) electrons. The largest absolute Gasteiger partial charge is 0.310 e. The highest BCUT2D eigenvalue weighted by atomic mass is 15.3. The summed E-state index contributed by atoms with van der Waals surface area (Å²) in [6.07, 6.45) is 9.38. The first-order valence-corrected chi connectivity index (χ1v) is 6.86. The molecule has 1 aliphatic heterocycles. The standard InChI is InChI=1S/C13H22N4/c1-3-13(15-12-4-5-12)11-16(7-1)9-10-17-8-2-6-14-17/h2,6,8,12-13,15H,1,3-5,7,9-11H2. The Labute approximate surface area is 103 Å². The van der Waals surface area contributed by atoms with Crippen molar-refractivity contribution in [2.75, 3.05) is 19.6 Å². The minimum atomic E-state index is 0.730. The molecular weight excluding hydrogens is 212 g/mol. The van der Waals surface area contributed by atoms with Gasteiger partial charge in [-0.25, -0.2) is 0 Å². The highest BCUT2D eigenvalue weighted by Crippen LogP contribution is 2.21. The van der Waals surface area contributed by atoms with Gasteiger partial charge in [0.2, 0.25) is 0 Å². The number of nitrogens with one attached hydrogen (secondary N) is 1. The van der Waals surface area contributed by atoms with E-state index in [0.29, 0.717) is 0 Å². The van der Waals surface area contributed by atoms with Crippen molar-refractivity contribution in [3.63, 3.8) is 0 Å². The molecule has 1 atom stereocenters. The van der Waals surface area contributed by atoms with Crippen LogP contribution in [0.15, 0.2) is 18.5 Å². The molecule has 94 valence electrons. The Morgan fingerprint density at radius 2 is 2.12 bits per heavy atom. The van der Waals surface area contributed by atoms with Gasteiger partial charge in [-0.1, -0.05) is 0 Å². The van der Waals surface area contributed by atoms with Crippen LogP contribution in [0.4, 0.5) is 0 Å². The summed E-state index contributed by atoms with van der Waals surface area (Å²) in [5, 5.41) is 8.00. The van der Waals surface area contributed by atoms with Crippen molar-refractivity contribution >= 4 is 0 Å². The fourth-order valence-corrected chi connectivity index (χ4v) is 2.65. The lowest BCUT2D eigenvalue weighted by molar-refractivity contribution is 0.182. The Morgan fingerprint density at radius 3 is 2.88 bits per heavy atom. The fourth-order valence-electron chi connectivity index (χ4n) is 2.65. The number of likely N-dealkylation sites (tertiary alicyclic amines) is 1. The molecule has 0 bridgehead atoms. The Kier molecular flexibility index (Phi) is 3.43. The number of rotatable bonds is 5. The first-order valence-electron chi connectivity index (χ1n) is 6.86. The van der Waals surface area contributed by atoms with Crippen molar-refractivity contribution in [1.82, 2.24) is 20.0 Å². The molecule has 1 N–H and O–H groups in total. The van der Waals surface area contributed by atoms with Crippen LogP contribution < -0.4 is 5.32 Å². The van der Waals surface area contributed by atoms with Gasteiger partial charge in [0, 0.05) is 37.6 Å². The van der Waals surface area contributed by atoms with Gasteiger partial charge in [-0.05, 0) is 38.3 Å². The van der Waals surface area contributed by atoms with Crippen molar-refractivity contribution in [3.05, 3.63) is 18.5 Å². The third-order valence-electron chi connectivity index (χ3n) is 3.76. The third-order valence-corrected chi connectivity index (χ3v) is 3.76. The number of hydrogen-bond acceptors (Lipinski definition) is 3. The van der Waals surface area contributed by atoms with Gasteiger partial charge < -0.3 is 5.32 Å². The van der Waals surface area contributed by atoms with Crippen molar-refractivity contribution < 1.29 is 0 Å². The van der Waals surface area contributed by atoms with Crippen LogP contribution >= 0.6 is 0 Å². The number of aromatic nitrogens is 2. The van der Waals surface area contributed by atoms with Crippen molar-refractivity contribution in [2.24, 2.45) is 0 Å². The van der Waals surface area contributed by atoms with Gasteiger partial charge in [-0.3, -0.25) is 9.58 Å². The van der Waals surface area contributed by atoms with Crippen LogP contribution in [0, 0.1) is 0 Å². The van der Waals surface area contributed by atoms with Crippen LogP contribution in [-0.4, -0.2) is 46.4 Å². The molecule has 1 aliphatic carbocycles. The normalized spacial score (nSPS) is 26.2. The smallest absolute Gasteiger partial charge is 0.0536 e. The predicted octanol–water partition coefficient (Wildman–Crippen LogP) is 1.10. The number of piperidine rings is 1. The molecule has 2 aliphatic rings. The quantitative estimate of drug-likeness (QED) is 0.828. The average Bonchev–Trinajstić information content (AvgIpc) is 3.00. The van der Waals surface area contributed by atoms with E-state index < -0.39 is 0 Å². The van der Waals surface area contributed by atoms with E-state index in [-0.39, 0.29) is 0 Å². The van der Waals surface area contributed by atoms with Gasteiger partial charge in [0.25, 0.3) is 0 Å². The van der Waals surface area contributed by atoms with Crippen molar-refractivity contribution in [3.8, 4) is 0 Å². The van der Waals surface area contributed by atoms with Crippen LogP contribution in [0.25, 0.3) is 0 Å². The van der Waals surface area contributed by atoms with E-state index >= 15 is 0 Å². The lowest BCUT2D eigenvalue weighted by Crippen LogP contribution is -2.47. The molecule has 17 heavy (non-hydrogen) atoms. The summed E-state index contributed by atoms with van der Waals surface area (Å²) in [5.74, 6) is 0. The molecule has 0 aromatic carbocycles. The maximum absolute atomic E-state index is 4.25. The minimum Gasteiger partial charge on any atom is -0.310 e. The Hall–Kier alpha value is -0.870. The van der Waals surface area contributed by atoms with Gasteiger partial charge in [0.05, 0.1) is 6.54 Å². The van der Waals surface area contributed by atoms with E-state index in [0.717, 1.165) is 25.2 Å². The molecule has 4 nitrogen and oxygen atoms in total. The summed E-state index contributed by atoms with van der Waals surface area (Å²) in [7, 11) is 0. The second-order valence-corrected chi connectivity index (χ2v) is 5.35. The molecule has 3 rings (SSSR count).